The fourth-order valence-electron chi connectivity index (χ4n) is 1.50. The molecule has 1 rings (SSSR count). The van der Waals surface area contributed by atoms with Crippen LogP contribution >= 0.6 is 11.6 Å². The minimum absolute atomic E-state index is 0.160. The van der Waals surface area contributed by atoms with Gasteiger partial charge in [0.2, 0.25) is 0 Å². The minimum atomic E-state index is 0.160. The number of aliphatic hydroxyl groups excluding tert-OH is 1. The standard InChI is InChI=1S/C13H20ClNO2/c1-2-8-15-11(7-9-16)10-17-13-6-4-3-5-12(13)14/h3-6,11,15-16H,2,7-10H2,1H3. The molecule has 1 unspecified atom stereocenters. The van der Waals surface area contributed by atoms with E-state index in [4.69, 9.17) is 21.4 Å². The number of hydrogen-bond donors (Lipinski definition) is 2. The molecule has 0 aliphatic carbocycles. The van der Waals surface area contributed by atoms with E-state index < -0.39 is 0 Å². The van der Waals surface area contributed by atoms with Gasteiger partial charge in [0.05, 0.1) is 5.02 Å². The predicted octanol–water partition coefficient (Wildman–Crippen LogP) is 2.47. The van der Waals surface area contributed by atoms with Crippen molar-refractivity contribution in [2.24, 2.45) is 0 Å². The average Bonchev–Trinajstić information content (AvgIpc) is 2.34. The Labute approximate surface area is 108 Å². The highest BCUT2D eigenvalue weighted by Crippen LogP contribution is 2.23. The van der Waals surface area contributed by atoms with Gasteiger partial charge in [-0.2, -0.15) is 0 Å². The molecule has 1 atom stereocenters. The van der Waals surface area contributed by atoms with E-state index in [1.807, 2.05) is 18.2 Å². The largest absolute Gasteiger partial charge is 0.490 e. The molecular weight excluding hydrogens is 238 g/mol. The van der Waals surface area contributed by atoms with Crippen LogP contribution in [0.3, 0.4) is 0 Å². The lowest BCUT2D eigenvalue weighted by Crippen LogP contribution is -2.36. The summed E-state index contributed by atoms with van der Waals surface area (Å²) < 4.78 is 5.64. The normalized spacial score (nSPS) is 12.4. The highest BCUT2D eigenvalue weighted by molar-refractivity contribution is 6.32. The van der Waals surface area contributed by atoms with E-state index in [0.29, 0.717) is 23.8 Å². The molecule has 0 aliphatic heterocycles. The number of benzene rings is 1. The molecule has 0 amide bonds. The van der Waals surface area contributed by atoms with Crippen molar-refractivity contribution in [2.45, 2.75) is 25.8 Å². The lowest BCUT2D eigenvalue weighted by molar-refractivity contribution is 0.214. The van der Waals surface area contributed by atoms with Crippen LogP contribution < -0.4 is 10.1 Å². The van der Waals surface area contributed by atoms with Crippen molar-refractivity contribution in [3.63, 3.8) is 0 Å². The number of nitrogens with one attached hydrogen (secondary N) is 1. The molecule has 0 heterocycles. The van der Waals surface area contributed by atoms with Gasteiger partial charge in [0, 0.05) is 12.6 Å². The Balaban J connectivity index is 2.42. The molecular formula is C13H20ClNO2. The highest BCUT2D eigenvalue weighted by atomic mass is 35.5. The molecule has 0 saturated carbocycles. The Kier molecular flexibility index (Phi) is 7.01. The van der Waals surface area contributed by atoms with Gasteiger partial charge in [0.15, 0.2) is 0 Å². The zero-order valence-corrected chi connectivity index (χ0v) is 10.9. The van der Waals surface area contributed by atoms with Crippen molar-refractivity contribution in [1.29, 1.82) is 0 Å². The van der Waals surface area contributed by atoms with E-state index in [2.05, 4.69) is 12.2 Å². The van der Waals surface area contributed by atoms with E-state index in [-0.39, 0.29) is 12.6 Å². The lowest BCUT2D eigenvalue weighted by Gasteiger charge is -2.18. The molecule has 0 aromatic heterocycles. The zero-order valence-electron chi connectivity index (χ0n) is 10.2. The van der Waals surface area contributed by atoms with Crippen LogP contribution in [0, 0.1) is 0 Å². The van der Waals surface area contributed by atoms with E-state index >= 15 is 0 Å². The third kappa shape index (κ3) is 5.39. The SMILES string of the molecule is CCCNC(CCO)COc1ccccc1Cl. The lowest BCUT2D eigenvalue weighted by atomic mass is 10.2. The van der Waals surface area contributed by atoms with Crippen LogP contribution in [-0.2, 0) is 0 Å². The highest BCUT2D eigenvalue weighted by Gasteiger charge is 2.09. The second-order valence-electron chi connectivity index (χ2n) is 3.90. The van der Waals surface area contributed by atoms with Crippen molar-refractivity contribution < 1.29 is 9.84 Å². The molecule has 0 saturated heterocycles. The second kappa shape index (κ2) is 8.34. The molecule has 1 aromatic rings. The van der Waals surface area contributed by atoms with Crippen LogP contribution in [0.5, 0.6) is 5.75 Å². The van der Waals surface area contributed by atoms with E-state index in [0.717, 1.165) is 13.0 Å². The van der Waals surface area contributed by atoms with Gasteiger partial charge in [-0.05, 0) is 31.5 Å². The zero-order chi connectivity index (χ0) is 12.5. The van der Waals surface area contributed by atoms with Crippen LogP contribution in [0.15, 0.2) is 24.3 Å². The average molecular weight is 258 g/mol. The molecule has 0 fully saturated rings. The topological polar surface area (TPSA) is 41.5 Å². The molecule has 3 nitrogen and oxygen atoms in total. The van der Waals surface area contributed by atoms with Crippen LogP contribution in [0.4, 0.5) is 0 Å². The van der Waals surface area contributed by atoms with E-state index in [1.54, 1.807) is 6.07 Å². The van der Waals surface area contributed by atoms with Gasteiger partial charge in [-0.1, -0.05) is 30.7 Å². The summed E-state index contributed by atoms with van der Waals surface area (Å²) in [4.78, 5) is 0. The van der Waals surface area contributed by atoms with Gasteiger partial charge in [-0.15, -0.1) is 0 Å². The first kappa shape index (κ1) is 14.3. The van der Waals surface area contributed by atoms with Crippen molar-refractivity contribution >= 4 is 11.6 Å². The molecule has 0 spiro atoms. The molecule has 2 N–H and O–H groups in total. The quantitative estimate of drug-likeness (QED) is 0.752. The first-order valence-electron chi connectivity index (χ1n) is 5.99. The maximum atomic E-state index is 8.97. The van der Waals surface area contributed by atoms with Gasteiger partial charge < -0.3 is 15.2 Å². The van der Waals surface area contributed by atoms with Gasteiger partial charge in [0.1, 0.15) is 12.4 Å². The summed E-state index contributed by atoms with van der Waals surface area (Å²) in [5, 5.41) is 12.9. The Morgan fingerprint density at radius 2 is 2.18 bits per heavy atom. The third-order valence-corrected chi connectivity index (χ3v) is 2.75. The molecule has 96 valence electrons. The molecule has 0 bridgehead atoms. The van der Waals surface area contributed by atoms with Crippen LogP contribution in [0.25, 0.3) is 0 Å². The smallest absolute Gasteiger partial charge is 0.137 e. The first-order valence-corrected chi connectivity index (χ1v) is 6.37. The monoisotopic (exact) mass is 257 g/mol. The van der Waals surface area contributed by atoms with Crippen LogP contribution in [0.1, 0.15) is 19.8 Å². The Morgan fingerprint density at radius 3 is 2.82 bits per heavy atom. The summed E-state index contributed by atoms with van der Waals surface area (Å²) in [5.74, 6) is 0.690. The molecule has 0 radical (unpaired) electrons. The summed E-state index contributed by atoms with van der Waals surface area (Å²) in [5.41, 5.74) is 0. The van der Waals surface area contributed by atoms with Crippen molar-refractivity contribution in [3.05, 3.63) is 29.3 Å². The molecule has 4 heteroatoms. The number of rotatable bonds is 8. The maximum Gasteiger partial charge on any atom is 0.137 e. The summed E-state index contributed by atoms with van der Waals surface area (Å²) in [6, 6.07) is 7.57. The Bertz CT molecular complexity index is 320. The summed E-state index contributed by atoms with van der Waals surface area (Å²) in [6.07, 6.45) is 1.75. The molecule has 1 aromatic carbocycles. The molecule has 17 heavy (non-hydrogen) atoms. The summed E-state index contributed by atoms with van der Waals surface area (Å²) >= 11 is 5.99. The van der Waals surface area contributed by atoms with E-state index in [1.165, 1.54) is 0 Å². The maximum absolute atomic E-state index is 8.97. The fraction of sp³-hybridized carbons (Fsp3) is 0.538. The van der Waals surface area contributed by atoms with Crippen molar-refractivity contribution in [2.75, 3.05) is 19.8 Å². The van der Waals surface area contributed by atoms with Crippen molar-refractivity contribution in [1.82, 2.24) is 5.32 Å². The fourth-order valence-corrected chi connectivity index (χ4v) is 1.69. The Hall–Kier alpha value is -0.770. The summed E-state index contributed by atoms with van der Waals surface area (Å²) in [6.45, 7) is 3.71. The van der Waals surface area contributed by atoms with E-state index in [9.17, 15) is 0 Å². The number of para-hydroxylation sites is 1. The van der Waals surface area contributed by atoms with Gasteiger partial charge in [-0.3, -0.25) is 0 Å². The van der Waals surface area contributed by atoms with Gasteiger partial charge >= 0.3 is 0 Å². The number of aliphatic hydroxyl groups is 1. The Morgan fingerprint density at radius 1 is 1.41 bits per heavy atom. The summed E-state index contributed by atoms with van der Waals surface area (Å²) in [7, 11) is 0. The van der Waals surface area contributed by atoms with Gasteiger partial charge in [-0.25, -0.2) is 0 Å². The predicted molar refractivity (Wildman–Crippen MR) is 70.7 cm³/mol. The van der Waals surface area contributed by atoms with Crippen LogP contribution in [0.2, 0.25) is 5.02 Å². The first-order chi connectivity index (χ1) is 8.27. The third-order valence-electron chi connectivity index (χ3n) is 2.44. The van der Waals surface area contributed by atoms with Crippen LogP contribution in [-0.4, -0.2) is 30.9 Å². The number of hydrogen-bond acceptors (Lipinski definition) is 3. The molecule has 0 aliphatic rings. The number of halogens is 1. The minimum Gasteiger partial charge on any atom is -0.490 e. The number of ether oxygens (including phenoxy) is 1. The van der Waals surface area contributed by atoms with Crippen molar-refractivity contribution in [3.8, 4) is 5.75 Å². The second-order valence-corrected chi connectivity index (χ2v) is 4.31. The van der Waals surface area contributed by atoms with Gasteiger partial charge in [0.25, 0.3) is 0 Å².